The highest BCUT2D eigenvalue weighted by Gasteiger charge is 2.26. The van der Waals surface area contributed by atoms with Gasteiger partial charge in [-0.05, 0) is 53.1 Å². The van der Waals surface area contributed by atoms with Gasteiger partial charge in [-0.25, -0.2) is 0 Å². The zero-order chi connectivity index (χ0) is 25.4. The topological polar surface area (TPSA) is 107 Å². The molecule has 0 fully saturated rings. The zero-order valence-electron chi connectivity index (χ0n) is 18.8. The van der Waals surface area contributed by atoms with E-state index in [9.17, 15) is 19.8 Å². The quantitative estimate of drug-likeness (QED) is 0.245. The number of hydrogen-bond acceptors (Lipinski definition) is 4. The molecule has 0 atom stereocenters. The molecule has 1 amide bonds. The molecule has 1 heterocycles. The normalized spacial score (nSPS) is 13.5. The molecule has 0 saturated heterocycles. The number of aliphatic carboxylic acids is 1. The number of aromatic hydroxyl groups is 2. The van der Waals surface area contributed by atoms with E-state index in [0.717, 1.165) is 22.3 Å². The summed E-state index contributed by atoms with van der Waals surface area (Å²) in [6, 6.07) is 22.8. The van der Waals surface area contributed by atoms with Crippen molar-refractivity contribution >= 4 is 40.8 Å². The zero-order valence-corrected chi connectivity index (χ0v) is 19.6. The molecular weight excluding hydrogens is 478 g/mol. The van der Waals surface area contributed by atoms with Gasteiger partial charge in [-0.3, -0.25) is 9.59 Å². The van der Waals surface area contributed by atoms with E-state index in [0.29, 0.717) is 27.4 Å². The van der Waals surface area contributed by atoms with Crippen LogP contribution in [0.5, 0.6) is 11.5 Å². The number of anilines is 1. The Morgan fingerprint density at radius 2 is 1.53 bits per heavy atom. The fourth-order valence-corrected chi connectivity index (χ4v) is 4.56. The van der Waals surface area contributed by atoms with Gasteiger partial charge in [0.25, 0.3) is 5.91 Å². The van der Waals surface area contributed by atoms with Crippen LogP contribution in [0.25, 0.3) is 33.9 Å². The molecule has 0 unspecified atom stereocenters. The third-order valence-electron chi connectivity index (χ3n) is 6.06. The van der Waals surface area contributed by atoms with Crippen LogP contribution in [0.3, 0.4) is 0 Å². The number of nitrogens with one attached hydrogen (secondary N) is 1. The second kappa shape index (κ2) is 9.24. The van der Waals surface area contributed by atoms with Gasteiger partial charge in [0.15, 0.2) is 0 Å². The van der Waals surface area contributed by atoms with Crippen molar-refractivity contribution in [2.24, 2.45) is 0 Å². The first-order valence-electron chi connectivity index (χ1n) is 11.1. The van der Waals surface area contributed by atoms with E-state index in [2.05, 4.69) is 5.32 Å². The van der Waals surface area contributed by atoms with Gasteiger partial charge in [-0.2, -0.15) is 0 Å². The number of hydrogen-bond donors (Lipinski definition) is 4. The molecule has 4 N–H and O–H groups in total. The monoisotopic (exact) mass is 497 g/mol. The number of carboxylic acids is 1. The van der Waals surface area contributed by atoms with Crippen LogP contribution < -0.4 is 5.32 Å². The van der Waals surface area contributed by atoms with Crippen LogP contribution in [-0.4, -0.2) is 27.2 Å². The van der Waals surface area contributed by atoms with Crippen molar-refractivity contribution in [2.45, 2.75) is 6.42 Å². The Hall–Kier alpha value is -4.55. The van der Waals surface area contributed by atoms with Crippen LogP contribution >= 0.6 is 11.6 Å². The number of rotatable bonds is 5. The van der Waals surface area contributed by atoms with Gasteiger partial charge in [0.2, 0.25) is 0 Å². The number of carboxylic acid groups (broad SMARTS) is 1. The number of carbonyl (C=O) groups excluding carboxylic acids is 1. The Morgan fingerprint density at radius 1 is 0.833 bits per heavy atom. The average molecular weight is 498 g/mol. The Kier molecular flexibility index (Phi) is 5.96. The summed E-state index contributed by atoms with van der Waals surface area (Å²) in [4.78, 5) is 23.9. The lowest BCUT2D eigenvalue weighted by Gasteiger charge is -2.10. The van der Waals surface area contributed by atoms with Gasteiger partial charge in [0, 0.05) is 27.8 Å². The number of halogens is 1. The van der Waals surface area contributed by atoms with E-state index >= 15 is 0 Å². The van der Waals surface area contributed by atoms with E-state index in [-0.39, 0.29) is 29.4 Å². The molecule has 0 spiro atoms. The number of phenols is 2. The van der Waals surface area contributed by atoms with Gasteiger partial charge < -0.3 is 20.6 Å². The van der Waals surface area contributed by atoms with Crippen LogP contribution in [0.4, 0.5) is 5.69 Å². The number of fused-ring (bicyclic) bond motifs is 1. The Labute approximate surface area is 211 Å². The molecule has 1 aliphatic heterocycles. The number of carbonyl (C=O) groups is 2. The highest BCUT2D eigenvalue weighted by molar-refractivity contribution is 6.38. The van der Waals surface area contributed by atoms with Crippen molar-refractivity contribution in [1.29, 1.82) is 0 Å². The van der Waals surface area contributed by atoms with Gasteiger partial charge in [0.1, 0.15) is 11.5 Å². The van der Waals surface area contributed by atoms with Gasteiger partial charge in [-0.1, -0.05) is 60.1 Å². The van der Waals surface area contributed by atoms with Gasteiger partial charge in [0.05, 0.1) is 17.1 Å². The number of amides is 1. The molecule has 7 heteroatoms. The standard InChI is InChI=1S/C29H20ClNO5/c30-24-15-25-22(14-21(24)18-8-6-17(7-9-18)20-3-1-2-4-27(20)33)23(29(36)31-25)12-16-5-10-26(32)19(11-16)13-28(34)35/h1-12,14-15,32-33H,13H2,(H,31,36)(H,34,35)/b23-12+. The number of phenolic OH excluding ortho intramolecular Hbond substituents is 2. The minimum absolute atomic E-state index is 0.114. The summed E-state index contributed by atoms with van der Waals surface area (Å²) >= 11 is 6.57. The van der Waals surface area contributed by atoms with Crippen LogP contribution in [0.2, 0.25) is 5.02 Å². The fraction of sp³-hybridized carbons (Fsp3) is 0.0345. The molecule has 4 aromatic carbocycles. The van der Waals surface area contributed by atoms with E-state index in [1.54, 1.807) is 36.4 Å². The second-order valence-electron chi connectivity index (χ2n) is 8.44. The van der Waals surface area contributed by atoms with Crippen molar-refractivity contribution in [3.63, 3.8) is 0 Å². The first-order chi connectivity index (χ1) is 17.3. The summed E-state index contributed by atoms with van der Waals surface area (Å²) in [6.07, 6.45) is 1.33. The largest absolute Gasteiger partial charge is 0.508 e. The van der Waals surface area contributed by atoms with Crippen molar-refractivity contribution in [2.75, 3.05) is 5.32 Å². The van der Waals surface area contributed by atoms with E-state index in [1.165, 1.54) is 6.07 Å². The SMILES string of the molecule is O=C(O)Cc1cc(/C=C2/C(=O)Nc3cc(Cl)c(-c4ccc(-c5ccccc5O)cc4)cc32)ccc1O. The average Bonchev–Trinajstić information content (AvgIpc) is 3.14. The van der Waals surface area contributed by atoms with Crippen molar-refractivity contribution in [3.8, 4) is 33.8 Å². The lowest BCUT2D eigenvalue weighted by atomic mass is 9.96. The molecule has 0 radical (unpaired) electrons. The molecular formula is C29H20ClNO5. The maximum absolute atomic E-state index is 12.8. The van der Waals surface area contributed by atoms with Crippen molar-refractivity contribution < 1.29 is 24.9 Å². The third kappa shape index (κ3) is 4.42. The minimum atomic E-state index is -1.06. The minimum Gasteiger partial charge on any atom is -0.508 e. The predicted octanol–water partition coefficient (Wildman–Crippen LogP) is 6.21. The highest BCUT2D eigenvalue weighted by atomic mass is 35.5. The first kappa shape index (κ1) is 23.2. The molecule has 178 valence electrons. The first-order valence-corrected chi connectivity index (χ1v) is 11.5. The van der Waals surface area contributed by atoms with Gasteiger partial charge >= 0.3 is 5.97 Å². The number of para-hydroxylation sites is 1. The highest BCUT2D eigenvalue weighted by Crippen LogP contribution is 2.41. The Bertz CT molecular complexity index is 1560. The summed E-state index contributed by atoms with van der Waals surface area (Å²) in [5, 5.41) is 32.5. The molecule has 0 bridgehead atoms. The molecule has 0 aliphatic carbocycles. The number of benzene rings is 4. The van der Waals surface area contributed by atoms with Crippen molar-refractivity contribution in [3.05, 3.63) is 101 Å². The molecule has 36 heavy (non-hydrogen) atoms. The van der Waals surface area contributed by atoms with E-state index in [1.807, 2.05) is 42.5 Å². The summed E-state index contributed by atoms with van der Waals surface area (Å²) in [5.41, 5.74) is 5.65. The van der Waals surface area contributed by atoms with E-state index in [4.69, 9.17) is 16.7 Å². The third-order valence-corrected chi connectivity index (χ3v) is 6.37. The van der Waals surface area contributed by atoms with Crippen LogP contribution in [-0.2, 0) is 16.0 Å². The lowest BCUT2D eigenvalue weighted by Crippen LogP contribution is -2.04. The molecule has 0 aromatic heterocycles. The van der Waals surface area contributed by atoms with Crippen LogP contribution in [0, 0.1) is 0 Å². The summed E-state index contributed by atoms with van der Waals surface area (Å²) in [7, 11) is 0. The molecule has 0 saturated carbocycles. The lowest BCUT2D eigenvalue weighted by molar-refractivity contribution is -0.136. The molecule has 5 rings (SSSR count). The second-order valence-corrected chi connectivity index (χ2v) is 8.85. The maximum Gasteiger partial charge on any atom is 0.307 e. The van der Waals surface area contributed by atoms with Crippen LogP contribution in [0.1, 0.15) is 16.7 Å². The Morgan fingerprint density at radius 3 is 2.22 bits per heavy atom. The van der Waals surface area contributed by atoms with E-state index < -0.39 is 5.97 Å². The van der Waals surface area contributed by atoms with Crippen molar-refractivity contribution in [1.82, 2.24) is 0 Å². The predicted molar refractivity (Wildman–Crippen MR) is 140 cm³/mol. The Balaban J connectivity index is 1.53. The summed E-state index contributed by atoms with van der Waals surface area (Å²) < 4.78 is 0. The smallest absolute Gasteiger partial charge is 0.307 e. The fourth-order valence-electron chi connectivity index (χ4n) is 4.29. The summed E-state index contributed by atoms with van der Waals surface area (Å²) in [5.74, 6) is -1.29. The molecule has 4 aromatic rings. The molecule has 1 aliphatic rings. The van der Waals surface area contributed by atoms with Gasteiger partial charge in [-0.15, -0.1) is 0 Å². The van der Waals surface area contributed by atoms with Crippen LogP contribution in [0.15, 0.2) is 78.9 Å². The summed E-state index contributed by atoms with van der Waals surface area (Å²) in [6.45, 7) is 0. The maximum atomic E-state index is 12.8. The molecule has 6 nitrogen and oxygen atoms in total.